The fourth-order valence-electron chi connectivity index (χ4n) is 5.02. The number of benzene rings is 1. The first kappa shape index (κ1) is 23.9. The second-order valence-corrected chi connectivity index (χ2v) is 10.3. The molecule has 2 aromatic heterocycles. The van der Waals surface area contributed by atoms with Crippen molar-refractivity contribution < 1.29 is 14.2 Å². The third-order valence-corrected chi connectivity index (χ3v) is 7.50. The van der Waals surface area contributed by atoms with Crippen LogP contribution in [-0.2, 0) is 24.1 Å². The van der Waals surface area contributed by atoms with E-state index < -0.39 is 6.03 Å². The molecule has 2 amide bonds. The van der Waals surface area contributed by atoms with E-state index in [0.29, 0.717) is 19.5 Å². The highest BCUT2D eigenvalue weighted by molar-refractivity contribution is 9.10. The number of aryl methyl sites for hydroxylation is 2. The summed E-state index contributed by atoms with van der Waals surface area (Å²) in [6.45, 7) is 2.81. The molecule has 5 rings (SSSR count). The lowest BCUT2D eigenvalue weighted by atomic mass is 9.96. The van der Waals surface area contributed by atoms with Crippen LogP contribution in [0.2, 0.25) is 5.02 Å². The number of hydrogen-bond donors (Lipinski definition) is 1. The normalized spacial score (nSPS) is 17.9. The molecule has 35 heavy (non-hydrogen) atoms. The number of primary amides is 1. The van der Waals surface area contributed by atoms with Gasteiger partial charge < -0.3 is 4.90 Å². The van der Waals surface area contributed by atoms with E-state index in [1.54, 1.807) is 24.5 Å². The maximum atomic E-state index is 13.0. The molecule has 1 atom stereocenters. The van der Waals surface area contributed by atoms with Crippen LogP contribution in [0.3, 0.4) is 0 Å². The minimum Gasteiger partial charge on any atom is -0.340 e. The molecule has 180 valence electrons. The van der Waals surface area contributed by atoms with Gasteiger partial charge >= 0.3 is 6.03 Å². The van der Waals surface area contributed by atoms with Crippen molar-refractivity contribution in [3.63, 3.8) is 0 Å². The van der Waals surface area contributed by atoms with Crippen LogP contribution in [0.1, 0.15) is 34.0 Å². The number of pyridine rings is 2. The van der Waals surface area contributed by atoms with Crippen molar-refractivity contribution in [2.45, 2.75) is 25.3 Å². The average molecular weight is 556 g/mol. The summed E-state index contributed by atoms with van der Waals surface area (Å²) in [4.78, 5) is 33.4. The van der Waals surface area contributed by atoms with E-state index in [4.69, 9.17) is 22.3 Å². The Labute approximate surface area is 217 Å². The number of carbonyl (C=O) groups excluding carboxylic acids is 2. The van der Waals surface area contributed by atoms with Gasteiger partial charge in [-0.1, -0.05) is 17.7 Å². The Hall–Kier alpha value is -2.81. The zero-order valence-electron chi connectivity index (χ0n) is 19.2. The molecule has 1 fully saturated rings. The molecule has 0 bridgehead atoms. The first-order chi connectivity index (χ1) is 16.9. The molecule has 2 aliphatic rings. The van der Waals surface area contributed by atoms with Gasteiger partial charge in [-0.3, -0.25) is 20.4 Å². The SMILES string of the molecule is NC(=O)[n+]1ccc(CC(=O)N2CCN([C@@H]3c4ccc(Cl)cc4CCc4cc(Br)cnc43)CC2)cc1. The van der Waals surface area contributed by atoms with Gasteiger partial charge in [0.1, 0.15) is 0 Å². The second kappa shape index (κ2) is 10.0. The Morgan fingerprint density at radius 1 is 1.06 bits per heavy atom. The summed E-state index contributed by atoms with van der Waals surface area (Å²) >= 11 is 9.91. The fourth-order valence-corrected chi connectivity index (χ4v) is 5.59. The molecule has 0 spiro atoms. The maximum Gasteiger partial charge on any atom is 0.493 e. The van der Waals surface area contributed by atoms with Crippen LogP contribution in [0.5, 0.6) is 0 Å². The van der Waals surface area contributed by atoms with Crippen molar-refractivity contribution in [1.82, 2.24) is 14.8 Å². The summed E-state index contributed by atoms with van der Waals surface area (Å²) in [7, 11) is 0. The van der Waals surface area contributed by atoms with Gasteiger partial charge in [-0.25, -0.2) is 0 Å². The van der Waals surface area contributed by atoms with Crippen molar-refractivity contribution in [3.05, 3.63) is 92.4 Å². The molecule has 3 aromatic rings. The topological polar surface area (TPSA) is 83.4 Å². The van der Waals surface area contributed by atoms with Crippen LogP contribution in [-0.4, -0.2) is 52.9 Å². The van der Waals surface area contributed by atoms with Gasteiger partial charge in [0.2, 0.25) is 5.91 Å². The van der Waals surface area contributed by atoms with Crippen LogP contribution >= 0.6 is 27.5 Å². The van der Waals surface area contributed by atoms with Gasteiger partial charge in [0.05, 0.1) is 30.6 Å². The van der Waals surface area contributed by atoms with E-state index >= 15 is 0 Å². The lowest BCUT2D eigenvalue weighted by Crippen LogP contribution is -2.50. The predicted octanol–water partition coefficient (Wildman–Crippen LogP) is 3.29. The predicted molar refractivity (Wildman–Crippen MR) is 136 cm³/mol. The monoisotopic (exact) mass is 554 g/mol. The molecule has 3 heterocycles. The Morgan fingerprint density at radius 3 is 2.49 bits per heavy atom. The minimum absolute atomic E-state index is 0.0310. The van der Waals surface area contributed by atoms with E-state index in [0.717, 1.165) is 46.7 Å². The van der Waals surface area contributed by atoms with Crippen molar-refractivity contribution >= 4 is 39.5 Å². The maximum absolute atomic E-state index is 13.0. The van der Waals surface area contributed by atoms with Gasteiger partial charge in [0.15, 0.2) is 0 Å². The molecule has 0 radical (unpaired) electrons. The van der Waals surface area contributed by atoms with E-state index in [2.05, 4.69) is 39.0 Å². The number of hydrogen-bond acceptors (Lipinski definition) is 4. The summed E-state index contributed by atoms with van der Waals surface area (Å²) in [5.41, 5.74) is 11.0. The number of piperazine rings is 1. The summed E-state index contributed by atoms with van der Waals surface area (Å²) in [6, 6.07) is 11.3. The molecule has 9 heteroatoms. The number of aromatic nitrogens is 2. The smallest absolute Gasteiger partial charge is 0.340 e. The van der Waals surface area contributed by atoms with Crippen LogP contribution in [0.15, 0.2) is 59.5 Å². The van der Waals surface area contributed by atoms with Crippen molar-refractivity contribution in [2.24, 2.45) is 5.73 Å². The number of carbonyl (C=O) groups is 2. The average Bonchev–Trinajstić information content (AvgIpc) is 3.00. The van der Waals surface area contributed by atoms with E-state index in [1.165, 1.54) is 21.3 Å². The zero-order valence-corrected chi connectivity index (χ0v) is 21.5. The lowest BCUT2D eigenvalue weighted by Gasteiger charge is -2.40. The molecule has 7 nitrogen and oxygen atoms in total. The quantitative estimate of drug-likeness (QED) is 0.503. The molecule has 1 aromatic carbocycles. The van der Waals surface area contributed by atoms with Crippen molar-refractivity contribution in [3.8, 4) is 0 Å². The summed E-state index contributed by atoms with van der Waals surface area (Å²) in [5.74, 6) is 0.0805. The summed E-state index contributed by atoms with van der Waals surface area (Å²) < 4.78 is 2.27. The molecular formula is C26H26BrClN5O2+. The van der Waals surface area contributed by atoms with Crippen LogP contribution in [0, 0.1) is 0 Å². The van der Waals surface area contributed by atoms with Gasteiger partial charge in [0.25, 0.3) is 0 Å². The number of nitrogens with two attached hydrogens (primary N) is 1. The highest BCUT2D eigenvalue weighted by Crippen LogP contribution is 2.38. The standard InChI is InChI=1S/C26H25BrClN5O2/c27-20-14-19-2-1-18-15-21(28)3-4-22(18)25(24(19)30-16-20)32-11-9-31(10-12-32)23(34)13-17-5-7-33(8-6-17)26(29)35/h3-8,14-16,25H,1-2,9-13H2,(H-,29,35)/p+1/t25-/m1/s1. The number of nitrogens with zero attached hydrogens (tertiary/aromatic N) is 4. The lowest BCUT2D eigenvalue weighted by molar-refractivity contribution is -0.569. The van der Waals surface area contributed by atoms with E-state index in [-0.39, 0.29) is 11.9 Å². The van der Waals surface area contributed by atoms with Gasteiger partial charge in [-0.15, -0.1) is 0 Å². The molecule has 1 saturated heterocycles. The first-order valence-electron chi connectivity index (χ1n) is 11.6. The van der Waals surface area contributed by atoms with Gasteiger partial charge in [-0.05, 0) is 81.4 Å². The van der Waals surface area contributed by atoms with Crippen LogP contribution in [0.4, 0.5) is 4.79 Å². The first-order valence-corrected chi connectivity index (χ1v) is 12.8. The summed E-state index contributed by atoms with van der Waals surface area (Å²) in [5, 5.41) is 0.750. The molecule has 0 unspecified atom stereocenters. The molecular weight excluding hydrogens is 530 g/mol. The van der Waals surface area contributed by atoms with Crippen molar-refractivity contribution in [1.29, 1.82) is 0 Å². The third kappa shape index (κ3) is 5.10. The minimum atomic E-state index is -0.551. The molecule has 2 N–H and O–H groups in total. The Kier molecular flexibility index (Phi) is 6.86. The van der Waals surface area contributed by atoms with E-state index in [1.807, 2.05) is 17.2 Å². The number of amides is 2. The van der Waals surface area contributed by atoms with Crippen LogP contribution < -0.4 is 10.3 Å². The number of rotatable bonds is 3. The number of halogens is 2. The zero-order chi connectivity index (χ0) is 24.5. The van der Waals surface area contributed by atoms with Crippen LogP contribution in [0.25, 0.3) is 0 Å². The molecule has 0 saturated carbocycles. The van der Waals surface area contributed by atoms with Gasteiger partial charge in [0, 0.05) is 41.9 Å². The highest BCUT2D eigenvalue weighted by atomic mass is 79.9. The molecule has 1 aliphatic heterocycles. The Morgan fingerprint density at radius 2 is 1.77 bits per heavy atom. The largest absolute Gasteiger partial charge is 0.493 e. The Bertz CT molecular complexity index is 1220. The fraction of sp³-hybridized carbons (Fsp3) is 0.308. The number of fused-ring (bicyclic) bond motifs is 2. The third-order valence-electron chi connectivity index (χ3n) is 6.83. The Balaban J connectivity index is 1.33. The van der Waals surface area contributed by atoms with E-state index in [9.17, 15) is 9.59 Å². The summed E-state index contributed by atoms with van der Waals surface area (Å²) in [6.07, 6.45) is 7.17. The van der Waals surface area contributed by atoms with Gasteiger partial charge in [-0.2, -0.15) is 9.36 Å². The molecule has 1 aliphatic carbocycles. The van der Waals surface area contributed by atoms with Crippen molar-refractivity contribution in [2.75, 3.05) is 26.2 Å². The second-order valence-electron chi connectivity index (χ2n) is 8.99. The highest BCUT2D eigenvalue weighted by Gasteiger charge is 2.33.